The second-order valence-corrected chi connectivity index (χ2v) is 5.91. The van der Waals surface area contributed by atoms with Crippen molar-refractivity contribution >= 4 is 21.4 Å². The van der Waals surface area contributed by atoms with Crippen molar-refractivity contribution in [3.05, 3.63) is 35.2 Å². The molecule has 0 spiro atoms. The van der Waals surface area contributed by atoms with Gasteiger partial charge in [-0.1, -0.05) is 44.9 Å². The van der Waals surface area contributed by atoms with Gasteiger partial charge in [-0.25, -0.2) is 0 Å². The molecule has 0 fully saturated rings. The third-order valence-electron chi connectivity index (χ3n) is 3.93. The summed E-state index contributed by atoms with van der Waals surface area (Å²) in [5.74, 6) is 0.787. The molecule has 18 heavy (non-hydrogen) atoms. The van der Waals surface area contributed by atoms with Crippen LogP contribution in [0.15, 0.2) is 29.6 Å². The van der Waals surface area contributed by atoms with Crippen molar-refractivity contribution in [1.29, 1.82) is 0 Å². The lowest BCUT2D eigenvalue weighted by molar-refractivity contribution is 0.353. The van der Waals surface area contributed by atoms with Gasteiger partial charge in [-0.15, -0.1) is 11.3 Å². The predicted molar refractivity (Wildman–Crippen MR) is 82.2 cm³/mol. The molecule has 1 aromatic heterocycles. The maximum absolute atomic E-state index is 3.69. The van der Waals surface area contributed by atoms with E-state index < -0.39 is 0 Å². The van der Waals surface area contributed by atoms with Gasteiger partial charge >= 0.3 is 0 Å². The molecule has 0 aliphatic heterocycles. The van der Waals surface area contributed by atoms with Crippen LogP contribution in [0.5, 0.6) is 0 Å². The molecular weight excluding hydrogens is 238 g/mol. The largest absolute Gasteiger partial charge is 0.310 e. The van der Waals surface area contributed by atoms with Gasteiger partial charge in [-0.05, 0) is 35.2 Å². The highest BCUT2D eigenvalue weighted by atomic mass is 32.1. The van der Waals surface area contributed by atoms with Gasteiger partial charge in [0, 0.05) is 17.3 Å². The van der Waals surface area contributed by atoms with Crippen LogP contribution < -0.4 is 5.32 Å². The van der Waals surface area contributed by atoms with Crippen molar-refractivity contribution in [2.75, 3.05) is 0 Å². The summed E-state index contributed by atoms with van der Waals surface area (Å²) in [6.07, 6.45) is 2.52. The van der Waals surface area contributed by atoms with E-state index in [2.05, 4.69) is 55.7 Å². The summed E-state index contributed by atoms with van der Waals surface area (Å²) in [6.45, 7) is 7.87. The van der Waals surface area contributed by atoms with Crippen LogP contribution in [0.4, 0.5) is 0 Å². The van der Waals surface area contributed by atoms with Gasteiger partial charge in [-0.2, -0.15) is 0 Å². The van der Waals surface area contributed by atoms with E-state index in [9.17, 15) is 0 Å². The smallest absolute Gasteiger partial charge is 0.0346 e. The predicted octanol–water partition coefficient (Wildman–Crippen LogP) is 4.82. The number of benzene rings is 1. The Labute approximate surface area is 114 Å². The molecule has 0 bridgehead atoms. The third kappa shape index (κ3) is 2.93. The highest BCUT2D eigenvalue weighted by Gasteiger charge is 2.13. The van der Waals surface area contributed by atoms with E-state index in [1.54, 1.807) is 0 Å². The molecule has 0 aliphatic rings. The van der Waals surface area contributed by atoms with E-state index >= 15 is 0 Å². The zero-order chi connectivity index (χ0) is 13.0. The second-order valence-electron chi connectivity index (χ2n) is 5.00. The number of fused-ring (bicyclic) bond motifs is 1. The van der Waals surface area contributed by atoms with Gasteiger partial charge in [0.15, 0.2) is 0 Å². The van der Waals surface area contributed by atoms with Crippen LogP contribution in [-0.4, -0.2) is 6.04 Å². The van der Waals surface area contributed by atoms with Crippen LogP contribution >= 0.6 is 11.3 Å². The Morgan fingerprint density at radius 1 is 1.17 bits per heavy atom. The molecule has 0 radical (unpaired) electrons. The molecule has 0 amide bonds. The monoisotopic (exact) mass is 261 g/mol. The van der Waals surface area contributed by atoms with Crippen LogP contribution in [0.3, 0.4) is 0 Å². The fourth-order valence-corrected chi connectivity index (χ4v) is 3.57. The van der Waals surface area contributed by atoms with Crippen LogP contribution in [0.25, 0.3) is 10.1 Å². The molecule has 0 saturated carbocycles. The van der Waals surface area contributed by atoms with Crippen LogP contribution in [-0.2, 0) is 6.54 Å². The van der Waals surface area contributed by atoms with E-state index in [0.29, 0.717) is 6.04 Å². The summed E-state index contributed by atoms with van der Waals surface area (Å²) in [4.78, 5) is 0. The fraction of sp³-hybridized carbons (Fsp3) is 0.500. The number of hydrogen-bond acceptors (Lipinski definition) is 2. The molecule has 1 nitrogen and oxygen atoms in total. The molecule has 0 aliphatic carbocycles. The summed E-state index contributed by atoms with van der Waals surface area (Å²) in [7, 11) is 0. The molecule has 2 heteroatoms. The Hall–Kier alpha value is -0.860. The molecule has 2 aromatic rings. The number of thiophene rings is 1. The van der Waals surface area contributed by atoms with Gasteiger partial charge in [0.1, 0.15) is 0 Å². The molecule has 1 unspecified atom stereocenters. The maximum Gasteiger partial charge on any atom is 0.0346 e. The van der Waals surface area contributed by atoms with E-state index in [-0.39, 0.29) is 0 Å². The molecule has 1 N–H and O–H groups in total. The summed E-state index contributed by atoms with van der Waals surface area (Å²) < 4.78 is 1.39. The topological polar surface area (TPSA) is 12.0 Å². The second kappa shape index (κ2) is 6.35. The summed E-state index contributed by atoms with van der Waals surface area (Å²) in [5.41, 5.74) is 1.44. The molecule has 1 aromatic carbocycles. The third-order valence-corrected chi connectivity index (χ3v) is 4.94. The first kappa shape index (κ1) is 13.6. The lowest BCUT2D eigenvalue weighted by Crippen LogP contribution is -2.32. The Bertz CT molecular complexity index is 485. The highest BCUT2D eigenvalue weighted by Crippen LogP contribution is 2.25. The zero-order valence-corrected chi connectivity index (χ0v) is 12.4. The van der Waals surface area contributed by atoms with E-state index in [1.807, 2.05) is 11.3 Å². The maximum atomic E-state index is 3.69. The first-order chi connectivity index (χ1) is 8.76. The van der Waals surface area contributed by atoms with Crippen LogP contribution in [0.1, 0.15) is 39.2 Å². The van der Waals surface area contributed by atoms with Crippen molar-refractivity contribution in [3.8, 4) is 0 Å². The lowest BCUT2D eigenvalue weighted by Gasteiger charge is -2.22. The number of rotatable bonds is 6. The Morgan fingerprint density at radius 2 is 1.89 bits per heavy atom. The van der Waals surface area contributed by atoms with Gasteiger partial charge in [0.25, 0.3) is 0 Å². The first-order valence-corrected chi connectivity index (χ1v) is 7.82. The fourth-order valence-electron chi connectivity index (χ4n) is 2.60. The van der Waals surface area contributed by atoms with E-state index in [4.69, 9.17) is 0 Å². The Morgan fingerprint density at radius 3 is 2.61 bits per heavy atom. The van der Waals surface area contributed by atoms with Gasteiger partial charge < -0.3 is 5.32 Å². The molecule has 1 atom stereocenters. The highest BCUT2D eigenvalue weighted by molar-refractivity contribution is 7.17. The first-order valence-electron chi connectivity index (χ1n) is 6.94. The SMILES string of the molecule is CCC(CC)C(C)NCc1csc2ccccc12. The quantitative estimate of drug-likeness (QED) is 0.786. The minimum absolute atomic E-state index is 0.596. The zero-order valence-electron chi connectivity index (χ0n) is 11.6. The van der Waals surface area contributed by atoms with Crippen molar-refractivity contribution in [2.24, 2.45) is 5.92 Å². The van der Waals surface area contributed by atoms with Crippen molar-refractivity contribution in [2.45, 2.75) is 46.2 Å². The summed E-state index contributed by atoms with van der Waals surface area (Å²) in [5, 5.41) is 7.38. The molecular formula is C16H23NS. The van der Waals surface area contributed by atoms with E-state index in [1.165, 1.54) is 28.5 Å². The average molecular weight is 261 g/mol. The van der Waals surface area contributed by atoms with Gasteiger partial charge in [0.2, 0.25) is 0 Å². The number of nitrogens with one attached hydrogen (secondary N) is 1. The van der Waals surface area contributed by atoms with Crippen molar-refractivity contribution in [1.82, 2.24) is 5.32 Å². The standard InChI is InChI=1S/C16H23NS/c1-4-13(5-2)12(3)17-10-14-11-18-16-9-7-6-8-15(14)16/h6-9,11-13,17H,4-5,10H2,1-3H3. The van der Waals surface area contributed by atoms with Crippen molar-refractivity contribution < 1.29 is 0 Å². The van der Waals surface area contributed by atoms with Gasteiger partial charge in [-0.3, -0.25) is 0 Å². The van der Waals surface area contributed by atoms with Crippen molar-refractivity contribution in [3.63, 3.8) is 0 Å². The number of hydrogen-bond donors (Lipinski definition) is 1. The molecule has 98 valence electrons. The average Bonchev–Trinajstić information content (AvgIpc) is 2.81. The Kier molecular flexibility index (Phi) is 4.79. The minimum Gasteiger partial charge on any atom is -0.310 e. The summed E-state index contributed by atoms with van der Waals surface area (Å²) in [6, 6.07) is 9.27. The normalized spacial score (nSPS) is 13.3. The van der Waals surface area contributed by atoms with E-state index in [0.717, 1.165) is 12.5 Å². The van der Waals surface area contributed by atoms with Crippen LogP contribution in [0, 0.1) is 5.92 Å². The summed E-state index contributed by atoms with van der Waals surface area (Å²) >= 11 is 1.85. The molecule has 1 heterocycles. The van der Waals surface area contributed by atoms with Gasteiger partial charge in [0.05, 0.1) is 0 Å². The Balaban J connectivity index is 2.02. The van der Waals surface area contributed by atoms with Crippen LogP contribution in [0.2, 0.25) is 0 Å². The minimum atomic E-state index is 0.596. The lowest BCUT2D eigenvalue weighted by atomic mass is 9.95. The molecule has 2 rings (SSSR count). The molecule has 0 saturated heterocycles.